The van der Waals surface area contributed by atoms with Gasteiger partial charge in [0.1, 0.15) is 6.54 Å². The number of carbonyl (C=O) groups excluding carboxylic acids is 1. The van der Waals surface area contributed by atoms with Crippen LogP contribution in [0.2, 0.25) is 5.02 Å². The molecular formula is C14H18ClNO4. The van der Waals surface area contributed by atoms with Crippen molar-refractivity contribution in [3.05, 3.63) is 29.3 Å². The summed E-state index contributed by atoms with van der Waals surface area (Å²) in [6, 6.07) is 6.53. The fourth-order valence-electron chi connectivity index (χ4n) is 1.63. The second-order valence-corrected chi connectivity index (χ2v) is 5.43. The van der Waals surface area contributed by atoms with E-state index in [4.69, 9.17) is 21.4 Å². The standard InChI is InChI=1S/C14H18ClNO4/c1-14(2,20-3)8-12(17)16(9-13(18)19)11-6-4-5-10(15)7-11/h4-7H,8-9H2,1-3H3,(H,18,19). The van der Waals surface area contributed by atoms with E-state index in [2.05, 4.69) is 0 Å². The monoisotopic (exact) mass is 299 g/mol. The minimum atomic E-state index is -1.09. The summed E-state index contributed by atoms with van der Waals surface area (Å²) in [5, 5.41) is 9.40. The van der Waals surface area contributed by atoms with Gasteiger partial charge in [0, 0.05) is 17.8 Å². The Balaban J connectivity index is 3.01. The number of rotatable bonds is 6. The molecule has 0 radical (unpaired) electrons. The number of benzene rings is 1. The van der Waals surface area contributed by atoms with Crippen molar-refractivity contribution in [1.82, 2.24) is 0 Å². The molecule has 0 bridgehead atoms. The summed E-state index contributed by atoms with van der Waals surface area (Å²) in [5.41, 5.74) is -0.205. The maximum Gasteiger partial charge on any atom is 0.323 e. The number of carbonyl (C=O) groups is 2. The van der Waals surface area contributed by atoms with E-state index in [0.717, 1.165) is 0 Å². The van der Waals surface area contributed by atoms with Gasteiger partial charge in [-0.25, -0.2) is 0 Å². The van der Waals surface area contributed by atoms with Gasteiger partial charge in [-0.15, -0.1) is 0 Å². The SMILES string of the molecule is COC(C)(C)CC(=O)N(CC(=O)O)c1cccc(Cl)c1. The Hall–Kier alpha value is -1.59. The Labute approximate surface area is 123 Å². The molecule has 1 amide bonds. The van der Waals surface area contributed by atoms with Gasteiger partial charge in [-0.1, -0.05) is 17.7 Å². The Kier molecular flexibility index (Phi) is 5.53. The number of halogens is 1. The number of hydrogen-bond donors (Lipinski definition) is 1. The number of ether oxygens (including phenoxy) is 1. The molecule has 0 spiro atoms. The minimum absolute atomic E-state index is 0.0727. The molecule has 0 atom stereocenters. The molecule has 0 saturated carbocycles. The van der Waals surface area contributed by atoms with E-state index in [-0.39, 0.29) is 12.3 Å². The maximum atomic E-state index is 12.3. The van der Waals surface area contributed by atoms with Gasteiger partial charge < -0.3 is 14.7 Å². The number of hydrogen-bond acceptors (Lipinski definition) is 3. The molecule has 5 nitrogen and oxygen atoms in total. The molecule has 0 aliphatic heterocycles. The zero-order chi connectivity index (χ0) is 15.3. The molecule has 20 heavy (non-hydrogen) atoms. The summed E-state index contributed by atoms with van der Waals surface area (Å²) in [4.78, 5) is 24.4. The molecule has 1 rings (SSSR count). The highest BCUT2D eigenvalue weighted by atomic mass is 35.5. The summed E-state index contributed by atoms with van der Waals surface area (Å²) in [6.45, 7) is 3.11. The second-order valence-electron chi connectivity index (χ2n) is 4.99. The first-order chi connectivity index (χ1) is 9.25. The van der Waals surface area contributed by atoms with Gasteiger partial charge in [0.15, 0.2) is 0 Å². The van der Waals surface area contributed by atoms with E-state index < -0.39 is 18.1 Å². The molecule has 0 aromatic heterocycles. The Morgan fingerprint density at radius 1 is 1.40 bits per heavy atom. The minimum Gasteiger partial charge on any atom is -0.480 e. The normalized spacial score (nSPS) is 11.2. The third kappa shape index (κ3) is 4.83. The number of carboxylic acids is 1. The Morgan fingerprint density at radius 2 is 2.05 bits per heavy atom. The Bertz CT molecular complexity index is 502. The molecule has 1 aromatic carbocycles. The van der Waals surface area contributed by atoms with Crippen LogP contribution < -0.4 is 4.90 Å². The van der Waals surface area contributed by atoms with Crippen molar-refractivity contribution in [3.8, 4) is 0 Å². The van der Waals surface area contributed by atoms with E-state index >= 15 is 0 Å². The van der Waals surface area contributed by atoms with Crippen LogP contribution in [0.3, 0.4) is 0 Å². The van der Waals surface area contributed by atoms with Crippen LogP contribution >= 0.6 is 11.6 Å². The van der Waals surface area contributed by atoms with Crippen LogP contribution in [-0.2, 0) is 14.3 Å². The van der Waals surface area contributed by atoms with Gasteiger partial charge in [0.2, 0.25) is 5.91 Å². The highest BCUT2D eigenvalue weighted by Crippen LogP contribution is 2.22. The fourth-order valence-corrected chi connectivity index (χ4v) is 1.82. The second kappa shape index (κ2) is 6.72. The molecule has 0 aliphatic carbocycles. The summed E-state index contributed by atoms with van der Waals surface area (Å²) in [6.07, 6.45) is 0.0727. The molecule has 0 unspecified atom stereocenters. The van der Waals surface area contributed by atoms with Gasteiger partial charge in [0.05, 0.1) is 12.0 Å². The predicted molar refractivity (Wildman–Crippen MR) is 77.1 cm³/mol. The summed E-state index contributed by atoms with van der Waals surface area (Å²) in [7, 11) is 1.51. The quantitative estimate of drug-likeness (QED) is 0.876. The molecular weight excluding hydrogens is 282 g/mol. The summed E-state index contributed by atoms with van der Waals surface area (Å²) in [5.74, 6) is -1.42. The highest BCUT2D eigenvalue weighted by Gasteiger charge is 2.27. The van der Waals surface area contributed by atoms with Gasteiger partial charge in [0.25, 0.3) is 0 Å². The molecule has 1 N–H and O–H groups in total. The molecule has 0 aliphatic rings. The average molecular weight is 300 g/mol. The number of anilines is 1. The first-order valence-electron chi connectivity index (χ1n) is 6.08. The van der Waals surface area contributed by atoms with Gasteiger partial charge in [-0.3, -0.25) is 9.59 Å². The predicted octanol–water partition coefficient (Wildman–Crippen LogP) is 2.57. The molecule has 0 saturated heterocycles. The topological polar surface area (TPSA) is 66.8 Å². The largest absolute Gasteiger partial charge is 0.480 e. The fraction of sp³-hybridized carbons (Fsp3) is 0.429. The molecule has 110 valence electrons. The van der Waals surface area contributed by atoms with Crippen molar-refractivity contribution in [2.45, 2.75) is 25.9 Å². The third-order valence-corrected chi connectivity index (χ3v) is 3.08. The summed E-state index contributed by atoms with van der Waals surface area (Å²) < 4.78 is 5.20. The van der Waals surface area contributed by atoms with Crippen molar-refractivity contribution in [1.29, 1.82) is 0 Å². The van der Waals surface area contributed by atoms with Crippen molar-refractivity contribution in [2.75, 3.05) is 18.6 Å². The molecule has 0 heterocycles. The van der Waals surface area contributed by atoms with Crippen LogP contribution in [0, 0.1) is 0 Å². The lowest BCUT2D eigenvalue weighted by Gasteiger charge is -2.27. The lowest BCUT2D eigenvalue weighted by Crippen LogP contribution is -2.40. The number of amides is 1. The van der Waals surface area contributed by atoms with Crippen molar-refractivity contribution >= 4 is 29.2 Å². The van der Waals surface area contributed by atoms with Crippen molar-refractivity contribution in [3.63, 3.8) is 0 Å². The van der Waals surface area contributed by atoms with E-state index in [1.807, 2.05) is 0 Å². The number of methoxy groups -OCH3 is 1. The van der Waals surface area contributed by atoms with Gasteiger partial charge in [-0.05, 0) is 32.0 Å². The lowest BCUT2D eigenvalue weighted by atomic mass is 10.0. The first kappa shape index (κ1) is 16.5. The molecule has 6 heteroatoms. The average Bonchev–Trinajstić information content (AvgIpc) is 2.35. The summed E-state index contributed by atoms with van der Waals surface area (Å²) >= 11 is 5.88. The first-order valence-corrected chi connectivity index (χ1v) is 6.46. The van der Waals surface area contributed by atoms with Crippen LogP contribution in [0.5, 0.6) is 0 Å². The zero-order valence-corrected chi connectivity index (χ0v) is 12.5. The van der Waals surface area contributed by atoms with Gasteiger partial charge >= 0.3 is 5.97 Å². The van der Waals surface area contributed by atoms with Crippen molar-refractivity contribution in [2.24, 2.45) is 0 Å². The van der Waals surface area contributed by atoms with E-state index in [1.165, 1.54) is 12.0 Å². The number of nitrogens with zero attached hydrogens (tertiary/aromatic N) is 1. The van der Waals surface area contributed by atoms with E-state index in [0.29, 0.717) is 10.7 Å². The maximum absolute atomic E-state index is 12.3. The zero-order valence-electron chi connectivity index (χ0n) is 11.7. The Morgan fingerprint density at radius 3 is 2.55 bits per heavy atom. The van der Waals surface area contributed by atoms with Crippen molar-refractivity contribution < 1.29 is 19.4 Å². The highest BCUT2D eigenvalue weighted by molar-refractivity contribution is 6.30. The lowest BCUT2D eigenvalue weighted by molar-refractivity contribution is -0.137. The van der Waals surface area contributed by atoms with E-state index in [9.17, 15) is 9.59 Å². The van der Waals surface area contributed by atoms with E-state index in [1.54, 1.807) is 38.1 Å². The third-order valence-electron chi connectivity index (χ3n) is 2.84. The number of aliphatic carboxylic acids is 1. The molecule has 1 aromatic rings. The van der Waals surface area contributed by atoms with Crippen LogP contribution in [-0.4, -0.2) is 36.2 Å². The van der Waals surface area contributed by atoms with Crippen LogP contribution in [0.25, 0.3) is 0 Å². The van der Waals surface area contributed by atoms with Crippen LogP contribution in [0.1, 0.15) is 20.3 Å². The van der Waals surface area contributed by atoms with Crippen LogP contribution in [0.15, 0.2) is 24.3 Å². The smallest absolute Gasteiger partial charge is 0.323 e. The van der Waals surface area contributed by atoms with Gasteiger partial charge in [-0.2, -0.15) is 0 Å². The van der Waals surface area contributed by atoms with Crippen LogP contribution in [0.4, 0.5) is 5.69 Å². The molecule has 0 fully saturated rings. The number of carboxylic acid groups (broad SMARTS) is 1.